The molecule has 0 aromatic heterocycles. The van der Waals surface area contributed by atoms with Crippen molar-refractivity contribution in [2.45, 2.75) is 136 Å². The quantitative estimate of drug-likeness (QED) is 0.146. The Morgan fingerprint density at radius 1 is 0.810 bits per heavy atom. The average Bonchev–Trinajstić information content (AvgIpc) is 3.46. The Morgan fingerprint density at radius 3 is 1.95 bits per heavy atom. The van der Waals surface area contributed by atoms with Gasteiger partial charge in [0, 0.05) is 44.6 Å². The molecule has 0 bridgehead atoms. The molecule has 42 heavy (non-hydrogen) atoms. The summed E-state index contributed by atoms with van der Waals surface area (Å²) in [4.78, 5) is 40.1. The maximum Gasteiger partial charge on any atom is 0.472 e. The van der Waals surface area contributed by atoms with Crippen LogP contribution in [0.4, 0.5) is 0 Å². The number of hydrogen-bond acceptors (Lipinski definition) is 9. The van der Waals surface area contributed by atoms with E-state index in [1.165, 1.54) is 0 Å². The summed E-state index contributed by atoms with van der Waals surface area (Å²) < 4.78 is 35.9. The van der Waals surface area contributed by atoms with Crippen molar-refractivity contribution in [1.29, 1.82) is 0 Å². The molecule has 2 unspecified atom stereocenters. The largest absolute Gasteiger partial charge is 0.472 e. The first kappa shape index (κ1) is 37.1. The van der Waals surface area contributed by atoms with Crippen LogP contribution < -0.4 is 10.6 Å². The van der Waals surface area contributed by atoms with Crippen LogP contribution in [0.1, 0.15) is 87.5 Å². The van der Waals surface area contributed by atoms with Crippen molar-refractivity contribution in [2.24, 2.45) is 0 Å². The monoisotopic (exact) mass is 620 g/mol. The number of amides is 2. The number of hydrogen-bond donors (Lipinski definition) is 3. The van der Waals surface area contributed by atoms with Crippen molar-refractivity contribution in [3.63, 3.8) is 0 Å². The Bertz CT molecular complexity index is 875. The molecular formula is C29H57N4O8P. The number of phosphoric ester groups is 1. The zero-order valence-electron chi connectivity index (χ0n) is 27.0. The fourth-order valence-corrected chi connectivity index (χ4v) is 6.27. The summed E-state index contributed by atoms with van der Waals surface area (Å²) in [5.74, 6) is -0.0807. The van der Waals surface area contributed by atoms with E-state index >= 15 is 0 Å². The molecule has 2 aliphatic heterocycles. The lowest BCUT2D eigenvalue weighted by molar-refractivity contribution is -0.134. The van der Waals surface area contributed by atoms with Crippen LogP contribution in [0.15, 0.2) is 0 Å². The molecule has 0 aromatic carbocycles. The van der Waals surface area contributed by atoms with Crippen molar-refractivity contribution in [3.8, 4) is 0 Å². The topological polar surface area (TPSA) is 139 Å². The van der Waals surface area contributed by atoms with Gasteiger partial charge in [-0.1, -0.05) is 27.7 Å². The number of nitrogens with zero attached hydrogens (tertiary/aromatic N) is 2. The molecule has 2 saturated heterocycles. The summed E-state index contributed by atoms with van der Waals surface area (Å²) in [5, 5.41) is 6.56. The average molecular weight is 621 g/mol. The zero-order chi connectivity index (χ0) is 31.4. The predicted molar refractivity (Wildman–Crippen MR) is 162 cm³/mol. The van der Waals surface area contributed by atoms with Crippen molar-refractivity contribution < 1.29 is 37.6 Å². The Balaban J connectivity index is 1.98. The normalized spacial score (nSPS) is 24.5. The minimum atomic E-state index is -4.47. The molecule has 5 atom stereocenters. The van der Waals surface area contributed by atoms with Gasteiger partial charge in [-0.15, -0.1) is 0 Å². The highest BCUT2D eigenvalue weighted by Gasteiger charge is 2.41. The summed E-state index contributed by atoms with van der Waals surface area (Å²) >= 11 is 0. The number of rotatable bonds is 19. The third kappa shape index (κ3) is 13.7. The Morgan fingerprint density at radius 2 is 1.36 bits per heavy atom. The van der Waals surface area contributed by atoms with Gasteiger partial charge in [0.25, 0.3) is 0 Å². The molecular weight excluding hydrogens is 563 g/mol. The van der Waals surface area contributed by atoms with Crippen molar-refractivity contribution in [3.05, 3.63) is 0 Å². The molecule has 0 saturated carbocycles. The first-order chi connectivity index (χ1) is 19.7. The molecule has 0 spiro atoms. The standard InChI is InChI=1S/C29H57N4O8P/c1-20(2)30-12-9-10-28(34)32-16-26(40-23(7)8)14-25(32)19-39-42(36,37)41-27-15-24(18-38-22(5)6)33(17-27)29(35)11-13-31-21(3)4/h20-27,30-31H,9-19H2,1-8H3,(H,36,37)/t24-,25-,26-,27?/m0/s1. The van der Waals surface area contributed by atoms with Crippen LogP contribution in [0.2, 0.25) is 0 Å². The molecule has 2 rings (SSSR count). The number of likely N-dealkylation sites (tertiary alicyclic amines) is 2. The van der Waals surface area contributed by atoms with Gasteiger partial charge in [0.1, 0.15) is 0 Å². The second-order valence-corrected chi connectivity index (χ2v) is 14.0. The van der Waals surface area contributed by atoms with Gasteiger partial charge in [0.2, 0.25) is 11.8 Å². The highest BCUT2D eigenvalue weighted by Crippen LogP contribution is 2.47. The van der Waals surface area contributed by atoms with Crippen molar-refractivity contribution >= 4 is 19.6 Å². The van der Waals surface area contributed by atoms with E-state index < -0.39 is 20.0 Å². The predicted octanol–water partition coefficient (Wildman–Crippen LogP) is 3.08. The van der Waals surface area contributed by atoms with Gasteiger partial charge >= 0.3 is 7.82 Å². The van der Waals surface area contributed by atoms with Gasteiger partial charge < -0.3 is 34.8 Å². The zero-order valence-corrected chi connectivity index (χ0v) is 27.9. The molecule has 0 radical (unpaired) electrons. The molecule has 2 aliphatic rings. The van der Waals surface area contributed by atoms with Gasteiger partial charge in [0.05, 0.1) is 49.7 Å². The van der Waals surface area contributed by atoms with E-state index in [2.05, 4.69) is 24.5 Å². The van der Waals surface area contributed by atoms with Gasteiger partial charge in [-0.05, 0) is 53.5 Å². The summed E-state index contributed by atoms with van der Waals surface area (Å²) in [7, 11) is -4.47. The third-order valence-electron chi connectivity index (χ3n) is 7.20. The van der Waals surface area contributed by atoms with Crippen LogP contribution in [0, 0.1) is 0 Å². The molecule has 13 heteroatoms. The number of nitrogens with one attached hydrogen (secondary N) is 2. The van der Waals surface area contributed by atoms with E-state index in [1.54, 1.807) is 9.80 Å². The molecule has 246 valence electrons. The van der Waals surface area contributed by atoms with Crippen LogP contribution in [0.3, 0.4) is 0 Å². The maximum absolute atomic E-state index is 13.1. The highest BCUT2D eigenvalue weighted by atomic mass is 31.2. The van der Waals surface area contributed by atoms with E-state index in [1.807, 2.05) is 41.5 Å². The maximum atomic E-state index is 13.1. The second-order valence-electron chi connectivity index (χ2n) is 12.6. The van der Waals surface area contributed by atoms with E-state index in [0.717, 1.165) is 6.54 Å². The fourth-order valence-electron chi connectivity index (χ4n) is 5.32. The Labute approximate surface area is 253 Å². The second kappa shape index (κ2) is 18.0. The van der Waals surface area contributed by atoms with E-state index in [0.29, 0.717) is 57.8 Å². The van der Waals surface area contributed by atoms with E-state index in [4.69, 9.17) is 18.5 Å². The van der Waals surface area contributed by atoms with Crippen LogP contribution in [0.25, 0.3) is 0 Å². The van der Waals surface area contributed by atoms with Crippen LogP contribution >= 0.6 is 7.82 Å². The van der Waals surface area contributed by atoms with Crippen molar-refractivity contribution in [2.75, 3.05) is 39.4 Å². The summed E-state index contributed by atoms with van der Waals surface area (Å²) in [5.41, 5.74) is 0. The Hall–Kier alpha value is -1.11. The molecule has 3 N–H and O–H groups in total. The number of carbonyl (C=O) groups is 2. The number of carbonyl (C=O) groups excluding carboxylic acids is 2. The molecule has 2 amide bonds. The lowest BCUT2D eigenvalue weighted by Gasteiger charge is -2.26. The first-order valence-corrected chi connectivity index (χ1v) is 17.1. The lowest BCUT2D eigenvalue weighted by atomic mass is 10.2. The first-order valence-electron chi connectivity index (χ1n) is 15.6. The van der Waals surface area contributed by atoms with Gasteiger partial charge in [0.15, 0.2) is 0 Å². The van der Waals surface area contributed by atoms with Crippen molar-refractivity contribution in [1.82, 2.24) is 20.4 Å². The molecule has 0 aromatic rings. The fraction of sp³-hybridized carbons (Fsp3) is 0.931. The summed E-state index contributed by atoms with van der Waals surface area (Å²) in [6, 6.07) is -0.0395. The van der Waals surface area contributed by atoms with Crippen LogP contribution in [-0.4, -0.2) is 114 Å². The van der Waals surface area contributed by atoms with E-state index in [-0.39, 0.29) is 55.4 Å². The smallest absolute Gasteiger partial charge is 0.377 e. The van der Waals surface area contributed by atoms with Crippen LogP contribution in [0.5, 0.6) is 0 Å². The lowest BCUT2D eigenvalue weighted by Crippen LogP contribution is -2.40. The van der Waals surface area contributed by atoms with Gasteiger partial charge in [-0.3, -0.25) is 18.6 Å². The third-order valence-corrected chi connectivity index (χ3v) is 8.24. The number of phosphoric acid groups is 1. The minimum absolute atomic E-state index is 0.00376. The van der Waals surface area contributed by atoms with Crippen LogP contribution in [-0.2, 0) is 32.7 Å². The summed E-state index contributed by atoms with van der Waals surface area (Å²) in [6.45, 7) is 18.0. The molecule has 2 heterocycles. The van der Waals surface area contributed by atoms with Gasteiger partial charge in [-0.2, -0.15) is 0 Å². The molecule has 12 nitrogen and oxygen atoms in total. The molecule has 2 fully saturated rings. The number of ether oxygens (including phenoxy) is 2. The highest BCUT2D eigenvalue weighted by molar-refractivity contribution is 7.47. The molecule has 0 aliphatic carbocycles. The summed E-state index contributed by atoms with van der Waals surface area (Å²) in [6.07, 6.45) is 1.41. The van der Waals surface area contributed by atoms with E-state index in [9.17, 15) is 19.0 Å². The van der Waals surface area contributed by atoms with Gasteiger partial charge in [-0.25, -0.2) is 4.57 Å². The SMILES string of the molecule is CC(C)NCCCC(=O)N1C[C@@H](OC(C)C)C[C@H]1COP(=O)(O)OC1C[C@@H](COC(C)C)N(C(=O)CCNC(C)C)C1. The minimum Gasteiger partial charge on any atom is -0.377 e. The Kier molecular flexibility index (Phi) is 15.9.